The van der Waals surface area contributed by atoms with E-state index in [1.807, 2.05) is 68.4 Å². The van der Waals surface area contributed by atoms with Gasteiger partial charge in [-0.3, -0.25) is 14.9 Å². The summed E-state index contributed by atoms with van der Waals surface area (Å²) in [4.78, 5) is 32.4. The van der Waals surface area contributed by atoms with Crippen LogP contribution in [0, 0.1) is 5.92 Å². The molecule has 0 aliphatic rings. The Morgan fingerprint density at radius 2 is 1.74 bits per heavy atom. The van der Waals surface area contributed by atoms with E-state index < -0.39 is 6.04 Å². The number of amides is 2. The number of carbonyl (C=O) groups is 2. The zero-order valence-electron chi connectivity index (χ0n) is 15.5. The highest BCUT2D eigenvalue weighted by atomic mass is 16.2. The summed E-state index contributed by atoms with van der Waals surface area (Å²) < 4.78 is 0. The lowest BCUT2D eigenvalue weighted by Gasteiger charge is -2.21. The van der Waals surface area contributed by atoms with Gasteiger partial charge in [-0.25, -0.2) is 4.98 Å². The molecule has 1 heterocycles. The second-order valence-electron chi connectivity index (χ2n) is 6.87. The minimum absolute atomic E-state index is 0.0462. The number of anilines is 1. The van der Waals surface area contributed by atoms with Gasteiger partial charge in [0.15, 0.2) is 0 Å². The maximum atomic E-state index is 12.7. The lowest BCUT2D eigenvalue weighted by Crippen LogP contribution is -2.47. The van der Waals surface area contributed by atoms with Gasteiger partial charge in [-0.1, -0.05) is 56.3 Å². The largest absolute Gasteiger partial charge is 0.344 e. The molecule has 0 aliphatic heterocycles. The van der Waals surface area contributed by atoms with Crippen molar-refractivity contribution in [3.63, 3.8) is 0 Å². The van der Waals surface area contributed by atoms with E-state index in [4.69, 9.17) is 0 Å². The third-order valence-corrected chi connectivity index (χ3v) is 4.38. The molecule has 2 amide bonds. The Hall–Kier alpha value is -3.15. The Morgan fingerprint density at radius 3 is 2.44 bits per heavy atom. The van der Waals surface area contributed by atoms with Gasteiger partial charge in [-0.05, 0) is 30.0 Å². The highest BCUT2D eigenvalue weighted by Crippen LogP contribution is 2.14. The molecule has 6 nitrogen and oxygen atoms in total. The minimum Gasteiger partial charge on any atom is -0.344 e. The Kier molecular flexibility index (Phi) is 5.86. The molecule has 0 unspecified atom stereocenters. The highest BCUT2D eigenvalue weighted by molar-refractivity contribution is 5.97. The van der Waals surface area contributed by atoms with Crippen molar-refractivity contribution in [2.75, 3.05) is 5.32 Å². The fraction of sp³-hybridized carbons (Fsp3) is 0.286. The topological polar surface area (TPSA) is 86.9 Å². The van der Waals surface area contributed by atoms with Crippen molar-refractivity contribution in [1.29, 1.82) is 0 Å². The smallest absolute Gasteiger partial charge is 0.249 e. The maximum Gasteiger partial charge on any atom is 0.249 e. The average molecular weight is 364 g/mol. The first-order valence-corrected chi connectivity index (χ1v) is 9.12. The van der Waals surface area contributed by atoms with E-state index in [9.17, 15) is 9.59 Å². The van der Waals surface area contributed by atoms with Crippen LogP contribution in [0.15, 0.2) is 54.6 Å². The third kappa shape index (κ3) is 4.94. The molecule has 0 fully saturated rings. The SMILES string of the molecule is CC(C)[C@@H](NC(=O)CCc1ccccc1)C(=O)Nc1nc2ccccc2[nH]1. The molecule has 0 bridgehead atoms. The second kappa shape index (κ2) is 8.49. The molecule has 1 atom stereocenters. The number of rotatable bonds is 7. The standard InChI is InChI=1S/C21H24N4O2/c1-14(2)19(24-18(26)13-12-15-8-4-3-5-9-15)20(27)25-21-22-16-10-6-7-11-17(16)23-21/h3-11,14,19H,12-13H2,1-2H3,(H,24,26)(H2,22,23,25,27)/t19-/m1/s1. The van der Waals surface area contributed by atoms with Crippen LogP contribution in [0.25, 0.3) is 11.0 Å². The molecule has 0 spiro atoms. The third-order valence-electron chi connectivity index (χ3n) is 4.38. The number of aromatic amines is 1. The van der Waals surface area contributed by atoms with Crippen molar-refractivity contribution in [3.05, 3.63) is 60.2 Å². The molecule has 0 radical (unpaired) electrons. The fourth-order valence-electron chi connectivity index (χ4n) is 2.89. The molecule has 3 rings (SSSR count). The van der Waals surface area contributed by atoms with E-state index in [1.165, 1.54) is 0 Å². The number of nitrogens with zero attached hydrogens (tertiary/aromatic N) is 1. The number of aromatic nitrogens is 2. The van der Waals surface area contributed by atoms with Crippen LogP contribution >= 0.6 is 0 Å². The molecular weight excluding hydrogens is 340 g/mol. The predicted octanol–water partition coefficient (Wildman–Crippen LogP) is 3.28. The van der Waals surface area contributed by atoms with E-state index >= 15 is 0 Å². The summed E-state index contributed by atoms with van der Waals surface area (Å²) in [7, 11) is 0. The maximum absolute atomic E-state index is 12.7. The Morgan fingerprint density at radius 1 is 1.04 bits per heavy atom. The lowest BCUT2D eigenvalue weighted by atomic mass is 10.0. The molecular formula is C21H24N4O2. The van der Waals surface area contributed by atoms with Crippen molar-refractivity contribution in [1.82, 2.24) is 15.3 Å². The Balaban J connectivity index is 1.60. The molecule has 2 aromatic carbocycles. The van der Waals surface area contributed by atoms with Crippen molar-refractivity contribution >= 4 is 28.8 Å². The fourth-order valence-corrected chi connectivity index (χ4v) is 2.89. The van der Waals surface area contributed by atoms with E-state index in [2.05, 4.69) is 20.6 Å². The molecule has 3 N–H and O–H groups in total. The molecule has 140 valence electrons. The Labute approximate surface area is 158 Å². The van der Waals surface area contributed by atoms with E-state index in [0.717, 1.165) is 16.6 Å². The number of hydrogen-bond acceptors (Lipinski definition) is 3. The molecule has 0 saturated carbocycles. The van der Waals surface area contributed by atoms with Gasteiger partial charge in [0.25, 0.3) is 0 Å². The number of hydrogen-bond donors (Lipinski definition) is 3. The molecule has 3 aromatic rings. The van der Waals surface area contributed by atoms with Gasteiger partial charge >= 0.3 is 0 Å². The zero-order valence-corrected chi connectivity index (χ0v) is 15.5. The summed E-state index contributed by atoms with van der Waals surface area (Å²) in [5.74, 6) is -0.0881. The van der Waals surface area contributed by atoms with Crippen molar-refractivity contribution in [3.8, 4) is 0 Å². The number of aryl methyl sites for hydroxylation is 1. The monoisotopic (exact) mass is 364 g/mol. The predicted molar refractivity (Wildman–Crippen MR) is 106 cm³/mol. The van der Waals surface area contributed by atoms with Crippen LogP contribution in [-0.2, 0) is 16.0 Å². The molecule has 27 heavy (non-hydrogen) atoms. The van der Waals surface area contributed by atoms with Gasteiger partial charge in [-0.2, -0.15) is 0 Å². The lowest BCUT2D eigenvalue weighted by molar-refractivity contribution is -0.127. The summed E-state index contributed by atoms with van der Waals surface area (Å²) in [6, 6.07) is 16.7. The summed E-state index contributed by atoms with van der Waals surface area (Å²) in [6.07, 6.45) is 0.980. The van der Waals surface area contributed by atoms with Crippen LogP contribution in [0.3, 0.4) is 0 Å². The van der Waals surface area contributed by atoms with Gasteiger partial charge in [0.05, 0.1) is 11.0 Å². The minimum atomic E-state index is -0.624. The van der Waals surface area contributed by atoms with Gasteiger partial charge in [0, 0.05) is 6.42 Å². The Bertz CT molecular complexity index is 885. The van der Waals surface area contributed by atoms with Gasteiger partial charge in [0.1, 0.15) is 6.04 Å². The number of imidazole rings is 1. The van der Waals surface area contributed by atoms with Crippen LogP contribution in [-0.4, -0.2) is 27.8 Å². The highest BCUT2D eigenvalue weighted by Gasteiger charge is 2.24. The van der Waals surface area contributed by atoms with E-state index in [0.29, 0.717) is 18.8 Å². The van der Waals surface area contributed by atoms with Gasteiger partial charge in [-0.15, -0.1) is 0 Å². The molecule has 6 heteroatoms. The number of fused-ring (bicyclic) bond motifs is 1. The first-order chi connectivity index (χ1) is 13.0. The van der Waals surface area contributed by atoms with E-state index in [-0.39, 0.29) is 17.7 Å². The normalized spacial score (nSPS) is 12.1. The van der Waals surface area contributed by atoms with Crippen LogP contribution < -0.4 is 10.6 Å². The summed E-state index contributed by atoms with van der Waals surface area (Å²) in [5, 5.41) is 5.62. The van der Waals surface area contributed by atoms with Crippen molar-refractivity contribution in [2.24, 2.45) is 5.92 Å². The molecule has 1 aromatic heterocycles. The summed E-state index contributed by atoms with van der Waals surface area (Å²) in [6.45, 7) is 3.81. The van der Waals surface area contributed by atoms with Crippen LogP contribution in [0.2, 0.25) is 0 Å². The van der Waals surface area contributed by atoms with Gasteiger partial charge in [0.2, 0.25) is 17.8 Å². The number of carbonyl (C=O) groups excluding carboxylic acids is 2. The first kappa shape index (κ1) is 18.6. The quantitative estimate of drug-likeness (QED) is 0.601. The zero-order chi connectivity index (χ0) is 19.2. The first-order valence-electron chi connectivity index (χ1n) is 9.12. The van der Waals surface area contributed by atoms with E-state index in [1.54, 1.807) is 0 Å². The summed E-state index contributed by atoms with van der Waals surface area (Å²) >= 11 is 0. The number of para-hydroxylation sites is 2. The van der Waals surface area contributed by atoms with Crippen LogP contribution in [0.4, 0.5) is 5.95 Å². The summed E-state index contributed by atoms with van der Waals surface area (Å²) in [5.41, 5.74) is 2.72. The molecule has 0 aliphatic carbocycles. The van der Waals surface area contributed by atoms with Crippen LogP contribution in [0.1, 0.15) is 25.8 Å². The van der Waals surface area contributed by atoms with Gasteiger partial charge < -0.3 is 10.3 Å². The number of H-pyrrole nitrogens is 1. The van der Waals surface area contributed by atoms with Crippen molar-refractivity contribution < 1.29 is 9.59 Å². The number of benzene rings is 2. The van der Waals surface area contributed by atoms with Crippen LogP contribution in [0.5, 0.6) is 0 Å². The van der Waals surface area contributed by atoms with Crippen molar-refractivity contribution in [2.45, 2.75) is 32.7 Å². The second-order valence-corrected chi connectivity index (χ2v) is 6.87. The molecule has 0 saturated heterocycles. The average Bonchev–Trinajstić information content (AvgIpc) is 3.07. The number of nitrogens with one attached hydrogen (secondary N) is 3.